The molecule has 0 aliphatic rings. The van der Waals surface area contributed by atoms with Gasteiger partial charge in [0.25, 0.3) is 5.78 Å². The fraction of sp³-hybridized carbons (Fsp3) is 0.200. The Hall–Kier alpha value is -1.18. The fourth-order valence-electron chi connectivity index (χ4n) is 1.46. The van der Waals surface area contributed by atoms with Gasteiger partial charge in [-0.3, -0.25) is 0 Å². The Morgan fingerprint density at radius 1 is 1.33 bits per heavy atom. The van der Waals surface area contributed by atoms with Crippen LogP contribution < -0.4 is 0 Å². The van der Waals surface area contributed by atoms with E-state index in [0.717, 1.165) is 20.6 Å². The van der Waals surface area contributed by atoms with E-state index in [0.29, 0.717) is 10.9 Å². The lowest BCUT2D eigenvalue weighted by atomic mass is 10.4. The summed E-state index contributed by atoms with van der Waals surface area (Å²) >= 11 is 9.22. The quantitative estimate of drug-likeness (QED) is 0.681. The number of hydrogen-bond acceptors (Lipinski definition) is 6. The third-order valence-corrected chi connectivity index (χ3v) is 4.93. The third kappa shape index (κ3) is 1.98. The first-order chi connectivity index (χ1) is 8.65. The van der Waals surface area contributed by atoms with Gasteiger partial charge in [0.2, 0.25) is 0 Å². The van der Waals surface area contributed by atoms with Crippen LogP contribution >= 0.6 is 34.7 Å². The molecular formula is C10H8ClN5S2. The van der Waals surface area contributed by atoms with Gasteiger partial charge in [0, 0.05) is 16.6 Å². The second kappa shape index (κ2) is 4.49. The number of halogens is 1. The number of thiazole rings is 1. The summed E-state index contributed by atoms with van der Waals surface area (Å²) in [4.78, 5) is 12.6. The molecule has 0 saturated carbocycles. The van der Waals surface area contributed by atoms with Crippen LogP contribution in [0.1, 0.15) is 11.3 Å². The van der Waals surface area contributed by atoms with E-state index in [1.807, 2.05) is 19.2 Å². The molecule has 3 aromatic rings. The predicted octanol–water partition coefficient (Wildman–Crippen LogP) is 3.00. The van der Waals surface area contributed by atoms with Gasteiger partial charge in [0.05, 0.1) is 0 Å². The highest BCUT2D eigenvalue weighted by atomic mass is 35.5. The summed E-state index contributed by atoms with van der Waals surface area (Å²) in [6.07, 6.45) is 1.47. The van der Waals surface area contributed by atoms with E-state index >= 15 is 0 Å². The average Bonchev–Trinajstić information content (AvgIpc) is 2.93. The highest BCUT2D eigenvalue weighted by Crippen LogP contribution is 2.34. The maximum absolute atomic E-state index is 6.10. The molecule has 18 heavy (non-hydrogen) atoms. The van der Waals surface area contributed by atoms with Crippen LogP contribution in [0, 0.1) is 13.8 Å². The van der Waals surface area contributed by atoms with Crippen molar-refractivity contribution in [3.8, 4) is 0 Å². The summed E-state index contributed by atoms with van der Waals surface area (Å²) in [6, 6.07) is 0. The SMILES string of the molecule is Cc1csc(Sc2c(C)c(Cl)nc3ncnn23)n1. The van der Waals surface area contributed by atoms with Gasteiger partial charge in [-0.25, -0.2) is 4.98 Å². The number of fused-ring (bicyclic) bond motifs is 1. The van der Waals surface area contributed by atoms with Crippen LogP contribution in [0.15, 0.2) is 21.1 Å². The molecule has 3 rings (SSSR count). The molecule has 0 aromatic carbocycles. The number of nitrogens with zero attached hydrogens (tertiary/aromatic N) is 5. The average molecular weight is 298 g/mol. The topological polar surface area (TPSA) is 56.0 Å². The lowest BCUT2D eigenvalue weighted by molar-refractivity contribution is 0.825. The largest absolute Gasteiger partial charge is 0.254 e. The standard InChI is InChI=1S/C10H8ClN5S2/c1-5-3-17-10(14-5)18-8-6(2)7(11)15-9-12-4-13-16(8)9/h3-4H,1-2H3. The lowest BCUT2D eigenvalue weighted by Gasteiger charge is -2.06. The molecule has 0 spiro atoms. The number of aryl methyl sites for hydroxylation is 1. The summed E-state index contributed by atoms with van der Waals surface area (Å²) in [7, 11) is 0. The van der Waals surface area contributed by atoms with Crippen molar-refractivity contribution >= 4 is 40.5 Å². The highest BCUT2D eigenvalue weighted by molar-refractivity contribution is 8.01. The Balaban J connectivity index is 2.15. The minimum Gasteiger partial charge on any atom is -0.235 e. The zero-order valence-electron chi connectivity index (χ0n) is 9.59. The molecule has 0 atom stereocenters. The van der Waals surface area contributed by atoms with Gasteiger partial charge >= 0.3 is 0 Å². The van der Waals surface area contributed by atoms with E-state index in [1.54, 1.807) is 15.9 Å². The maximum atomic E-state index is 6.10. The third-order valence-electron chi connectivity index (χ3n) is 2.33. The van der Waals surface area contributed by atoms with Gasteiger partial charge in [-0.15, -0.1) is 11.3 Å². The van der Waals surface area contributed by atoms with Crippen LogP contribution in [0.3, 0.4) is 0 Å². The van der Waals surface area contributed by atoms with Crippen molar-refractivity contribution in [3.05, 3.63) is 28.1 Å². The highest BCUT2D eigenvalue weighted by Gasteiger charge is 2.14. The van der Waals surface area contributed by atoms with Crippen molar-refractivity contribution < 1.29 is 0 Å². The van der Waals surface area contributed by atoms with Gasteiger partial charge in [0.15, 0.2) is 4.34 Å². The minimum absolute atomic E-state index is 0.450. The van der Waals surface area contributed by atoms with Gasteiger partial charge in [-0.1, -0.05) is 11.6 Å². The predicted molar refractivity (Wildman–Crippen MR) is 71.5 cm³/mol. The molecule has 0 radical (unpaired) electrons. The molecule has 0 aliphatic heterocycles. The van der Waals surface area contributed by atoms with E-state index in [1.165, 1.54) is 18.1 Å². The normalized spacial score (nSPS) is 11.3. The summed E-state index contributed by atoms with van der Waals surface area (Å²) in [5.41, 5.74) is 1.89. The van der Waals surface area contributed by atoms with Crippen LogP contribution in [0.2, 0.25) is 5.15 Å². The molecule has 0 fully saturated rings. The molecule has 0 aliphatic carbocycles. The van der Waals surface area contributed by atoms with E-state index in [2.05, 4.69) is 20.1 Å². The van der Waals surface area contributed by atoms with Crippen LogP contribution in [0.25, 0.3) is 5.78 Å². The minimum atomic E-state index is 0.450. The first-order valence-corrected chi connectivity index (χ1v) is 7.18. The molecule has 0 amide bonds. The second-order valence-corrected chi connectivity index (χ2v) is 6.11. The number of aromatic nitrogens is 5. The summed E-state index contributed by atoms with van der Waals surface area (Å²) in [5, 5.41) is 7.53. The maximum Gasteiger partial charge on any atom is 0.254 e. The number of hydrogen-bond donors (Lipinski definition) is 0. The molecule has 3 heterocycles. The first-order valence-electron chi connectivity index (χ1n) is 5.11. The second-order valence-electron chi connectivity index (χ2n) is 3.66. The van der Waals surface area contributed by atoms with Gasteiger partial charge in [-0.2, -0.15) is 19.6 Å². The van der Waals surface area contributed by atoms with Crippen molar-refractivity contribution in [2.75, 3.05) is 0 Å². The van der Waals surface area contributed by atoms with E-state index in [4.69, 9.17) is 11.6 Å². The van der Waals surface area contributed by atoms with Crippen LogP contribution in [0.4, 0.5) is 0 Å². The summed E-state index contributed by atoms with van der Waals surface area (Å²) in [6.45, 7) is 3.89. The van der Waals surface area contributed by atoms with E-state index < -0.39 is 0 Å². The molecule has 0 N–H and O–H groups in total. The molecule has 92 valence electrons. The Bertz CT molecular complexity index is 720. The first kappa shape index (κ1) is 11.9. The van der Waals surface area contributed by atoms with Crippen LogP contribution in [0.5, 0.6) is 0 Å². The molecule has 3 aromatic heterocycles. The van der Waals surface area contributed by atoms with E-state index in [-0.39, 0.29) is 0 Å². The van der Waals surface area contributed by atoms with Crippen LogP contribution in [-0.4, -0.2) is 24.6 Å². The molecule has 8 heteroatoms. The molecule has 5 nitrogen and oxygen atoms in total. The van der Waals surface area contributed by atoms with Gasteiger partial charge < -0.3 is 0 Å². The fourth-order valence-corrected chi connectivity index (χ4v) is 3.59. The molecule has 0 unspecified atom stereocenters. The van der Waals surface area contributed by atoms with Gasteiger partial charge in [-0.05, 0) is 25.6 Å². The monoisotopic (exact) mass is 297 g/mol. The van der Waals surface area contributed by atoms with Crippen molar-refractivity contribution in [1.82, 2.24) is 24.6 Å². The summed E-state index contributed by atoms with van der Waals surface area (Å²) in [5.74, 6) is 0.501. The smallest absolute Gasteiger partial charge is 0.235 e. The Labute approximate surface area is 116 Å². The Kier molecular flexibility index (Phi) is 2.96. The molecule has 0 saturated heterocycles. The van der Waals surface area contributed by atoms with Crippen LogP contribution in [-0.2, 0) is 0 Å². The van der Waals surface area contributed by atoms with Gasteiger partial charge in [0.1, 0.15) is 16.5 Å². The van der Waals surface area contributed by atoms with Crippen molar-refractivity contribution in [3.63, 3.8) is 0 Å². The zero-order chi connectivity index (χ0) is 12.7. The lowest BCUT2D eigenvalue weighted by Crippen LogP contribution is -1.99. The van der Waals surface area contributed by atoms with Crippen molar-refractivity contribution in [2.24, 2.45) is 0 Å². The number of rotatable bonds is 2. The Morgan fingerprint density at radius 2 is 2.17 bits per heavy atom. The summed E-state index contributed by atoms with van der Waals surface area (Å²) < 4.78 is 2.64. The zero-order valence-corrected chi connectivity index (χ0v) is 12.0. The van der Waals surface area contributed by atoms with E-state index in [9.17, 15) is 0 Å². The Morgan fingerprint density at radius 3 is 2.89 bits per heavy atom. The van der Waals surface area contributed by atoms with Crippen molar-refractivity contribution in [1.29, 1.82) is 0 Å². The van der Waals surface area contributed by atoms with Crippen molar-refractivity contribution in [2.45, 2.75) is 23.2 Å². The molecule has 0 bridgehead atoms. The molecular weight excluding hydrogens is 290 g/mol.